The van der Waals surface area contributed by atoms with Crippen LogP contribution in [-0.4, -0.2) is 22.5 Å². The zero-order valence-electron chi connectivity index (χ0n) is 13.0. The van der Waals surface area contributed by atoms with Crippen LogP contribution in [0.15, 0.2) is 36.4 Å². The van der Waals surface area contributed by atoms with Gasteiger partial charge < -0.3 is 10.4 Å². The van der Waals surface area contributed by atoms with Crippen molar-refractivity contribution in [1.29, 1.82) is 0 Å². The average molecular weight is 389 g/mol. The van der Waals surface area contributed by atoms with Gasteiger partial charge in [0.25, 0.3) is 11.6 Å². The molecule has 6 nitrogen and oxygen atoms in total. The molecule has 0 spiro atoms. The van der Waals surface area contributed by atoms with E-state index in [1.165, 1.54) is 6.07 Å². The van der Waals surface area contributed by atoms with Gasteiger partial charge in [0.15, 0.2) is 0 Å². The molecule has 1 amide bonds. The number of nitro groups is 1. The minimum Gasteiger partial charge on any atom is -0.396 e. The molecule has 0 aliphatic carbocycles. The number of carbonyl (C=O) groups is 1. The Morgan fingerprint density at radius 1 is 1.27 bits per heavy atom. The second-order valence-corrected chi connectivity index (χ2v) is 5.60. The number of aliphatic hydroxyl groups excluding tert-OH is 1. The summed E-state index contributed by atoms with van der Waals surface area (Å²) in [6.45, 7) is -0.195. The molecule has 138 valence electrons. The van der Waals surface area contributed by atoms with Crippen molar-refractivity contribution in [3.05, 3.63) is 68.2 Å². The maximum Gasteiger partial charge on any atom is 0.418 e. The number of para-hydroxylation sites is 1. The molecular weight excluding hydrogens is 377 g/mol. The molecule has 0 saturated heterocycles. The number of aliphatic hydroxyl groups is 1. The molecule has 0 aliphatic heterocycles. The van der Waals surface area contributed by atoms with E-state index >= 15 is 0 Å². The van der Waals surface area contributed by atoms with Crippen molar-refractivity contribution in [1.82, 2.24) is 0 Å². The second-order valence-electron chi connectivity index (χ2n) is 5.19. The number of hydrogen-bond donors (Lipinski definition) is 2. The van der Waals surface area contributed by atoms with Gasteiger partial charge in [-0.3, -0.25) is 14.9 Å². The Morgan fingerprint density at radius 3 is 2.50 bits per heavy atom. The topological polar surface area (TPSA) is 92.5 Å². The van der Waals surface area contributed by atoms with Crippen LogP contribution in [0.4, 0.5) is 24.5 Å². The van der Waals surface area contributed by atoms with Crippen LogP contribution in [0.1, 0.15) is 21.5 Å². The Bertz CT molecular complexity index is 856. The van der Waals surface area contributed by atoms with Crippen molar-refractivity contribution in [2.24, 2.45) is 0 Å². The van der Waals surface area contributed by atoms with E-state index in [0.717, 1.165) is 0 Å². The van der Waals surface area contributed by atoms with Crippen LogP contribution in [0.3, 0.4) is 0 Å². The highest BCUT2D eigenvalue weighted by Crippen LogP contribution is 2.38. The van der Waals surface area contributed by atoms with Gasteiger partial charge in [0.2, 0.25) is 0 Å². The number of benzene rings is 2. The summed E-state index contributed by atoms with van der Waals surface area (Å²) >= 11 is 5.56. The van der Waals surface area contributed by atoms with Crippen molar-refractivity contribution in [3.63, 3.8) is 0 Å². The number of halogens is 4. The van der Waals surface area contributed by atoms with Crippen molar-refractivity contribution >= 4 is 28.9 Å². The molecule has 0 saturated carbocycles. The van der Waals surface area contributed by atoms with Gasteiger partial charge in [-0.05, 0) is 24.1 Å². The normalized spacial score (nSPS) is 11.3. The van der Waals surface area contributed by atoms with Gasteiger partial charge in [0, 0.05) is 18.4 Å². The first-order chi connectivity index (χ1) is 12.1. The molecule has 2 N–H and O–H groups in total. The average Bonchev–Trinajstić information content (AvgIpc) is 2.55. The molecule has 0 heterocycles. The zero-order valence-corrected chi connectivity index (χ0v) is 13.8. The third-order valence-corrected chi connectivity index (χ3v) is 3.79. The molecule has 0 aromatic heterocycles. The Morgan fingerprint density at radius 2 is 1.92 bits per heavy atom. The number of nitro benzene ring substituents is 1. The molecule has 0 unspecified atom stereocenters. The number of amides is 1. The van der Waals surface area contributed by atoms with E-state index in [1.807, 2.05) is 0 Å². The maximum absolute atomic E-state index is 12.9. The van der Waals surface area contributed by atoms with Crippen LogP contribution in [0.5, 0.6) is 0 Å². The van der Waals surface area contributed by atoms with Crippen molar-refractivity contribution < 1.29 is 28.0 Å². The summed E-state index contributed by atoms with van der Waals surface area (Å²) in [5, 5.41) is 21.7. The fraction of sp³-hybridized carbons (Fsp3) is 0.188. The SMILES string of the molecule is O=C(Nc1ccccc1CCO)c1cc(Cl)c(C(F)(F)F)cc1[N+](=O)[O-]. The Hall–Kier alpha value is -2.65. The first-order valence-electron chi connectivity index (χ1n) is 7.20. The van der Waals surface area contributed by atoms with Crippen LogP contribution >= 0.6 is 11.6 Å². The Balaban J connectivity index is 2.46. The highest BCUT2D eigenvalue weighted by Gasteiger charge is 2.37. The number of carbonyl (C=O) groups excluding carboxylic acids is 1. The van der Waals surface area contributed by atoms with E-state index in [0.29, 0.717) is 11.6 Å². The zero-order chi connectivity index (χ0) is 19.5. The smallest absolute Gasteiger partial charge is 0.396 e. The van der Waals surface area contributed by atoms with Crippen LogP contribution in [0.25, 0.3) is 0 Å². The van der Waals surface area contributed by atoms with Gasteiger partial charge in [-0.25, -0.2) is 0 Å². The summed E-state index contributed by atoms with van der Waals surface area (Å²) in [5.74, 6) is -0.988. The first kappa shape index (κ1) is 19.7. The van der Waals surface area contributed by atoms with Crippen molar-refractivity contribution in [2.75, 3.05) is 11.9 Å². The Labute approximate surface area is 150 Å². The third kappa shape index (κ3) is 4.30. The lowest BCUT2D eigenvalue weighted by Crippen LogP contribution is -2.17. The highest BCUT2D eigenvalue weighted by molar-refractivity contribution is 6.32. The minimum atomic E-state index is -4.90. The van der Waals surface area contributed by atoms with Crippen LogP contribution in [-0.2, 0) is 12.6 Å². The van der Waals surface area contributed by atoms with Crippen LogP contribution in [0.2, 0.25) is 5.02 Å². The van der Waals surface area contributed by atoms with E-state index in [4.69, 9.17) is 16.7 Å². The standard InChI is InChI=1S/C16H12ClF3N2O4/c17-12-7-10(14(22(25)26)8-11(12)16(18,19)20)15(24)21-13-4-2-1-3-9(13)5-6-23/h1-4,7-8,23H,5-6H2,(H,21,24). The summed E-state index contributed by atoms with van der Waals surface area (Å²) < 4.78 is 38.6. The quantitative estimate of drug-likeness (QED) is 0.597. The molecule has 0 bridgehead atoms. The fourth-order valence-electron chi connectivity index (χ4n) is 2.28. The van der Waals surface area contributed by atoms with E-state index in [1.54, 1.807) is 18.2 Å². The van der Waals surface area contributed by atoms with Gasteiger partial charge in [0.05, 0.1) is 15.5 Å². The predicted molar refractivity (Wildman–Crippen MR) is 88.3 cm³/mol. The monoisotopic (exact) mass is 388 g/mol. The van der Waals surface area contributed by atoms with Gasteiger partial charge in [0.1, 0.15) is 5.56 Å². The molecule has 10 heteroatoms. The molecule has 2 rings (SSSR count). The molecule has 0 fully saturated rings. The molecule has 0 atom stereocenters. The fourth-order valence-corrected chi connectivity index (χ4v) is 2.55. The van der Waals surface area contributed by atoms with Crippen LogP contribution in [0, 0.1) is 10.1 Å². The van der Waals surface area contributed by atoms with E-state index in [9.17, 15) is 28.1 Å². The lowest BCUT2D eigenvalue weighted by atomic mass is 10.1. The third-order valence-electron chi connectivity index (χ3n) is 3.48. The Kier molecular flexibility index (Phi) is 5.83. The summed E-state index contributed by atoms with van der Waals surface area (Å²) in [6, 6.07) is 7.23. The summed E-state index contributed by atoms with van der Waals surface area (Å²) in [6.07, 6.45) is -4.68. The second kappa shape index (κ2) is 7.71. The lowest BCUT2D eigenvalue weighted by Gasteiger charge is -2.13. The van der Waals surface area contributed by atoms with Gasteiger partial charge >= 0.3 is 6.18 Å². The van der Waals surface area contributed by atoms with Gasteiger partial charge in [-0.15, -0.1) is 0 Å². The number of nitrogens with one attached hydrogen (secondary N) is 1. The molecule has 26 heavy (non-hydrogen) atoms. The summed E-state index contributed by atoms with van der Waals surface area (Å²) in [7, 11) is 0. The largest absolute Gasteiger partial charge is 0.418 e. The highest BCUT2D eigenvalue weighted by atomic mass is 35.5. The van der Waals surface area contributed by atoms with Crippen molar-refractivity contribution in [3.8, 4) is 0 Å². The van der Waals surface area contributed by atoms with E-state index in [-0.39, 0.29) is 24.8 Å². The van der Waals surface area contributed by atoms with Crippen LogP contribution < -0.4 is 5.32 Å². The minimum absolute atomic E-state index is 0.195. The molecule has 2 aromatic rings. The maximum atomic E-state index is 12.9. The lowest BCUT2D eigenvalue weighted by molar-refractivity contribution is -0.385. The molecular formula is C16H12ClF3N2O4. The van der Waals surface area contributed by atoms with Crippen molar-refractivity contribution in [2.45, 2.75) is 12.6 Å². The molecule has 0 radical (unpaired) electrons. The van der Waals surface area contributed by atoms with E-state index in [2.05, 4.69) is 5.32 Å². The number of rotatable bonds is 5. The molecule has 0 aliphatic rings. The predicted octanol–water partition coefficient (Wildman–Crippen LogP) is 4.05. The number of anilines is 1. The summed E-state index contributed by atoms with van der Waals surface area (Å²) in [5.41, 5.74) is -2.19. The van der Waals surface area contributed by atoms with Gasteiger partial charge in [-0.2, -0.15) is 13.2 Å². The first-order valence-corrected chi connectivity index (χ1v) is 7.58. The van der Waals surface area contributed by atoms with Gasteiger partial charge in [-0.1, -0.05) is 29.8 Å². The number of alkyl halides is 3. The summed E-state index contributed by atoms with van der Waals surface area (Å²) in [4.78, 5) is 22.4. The number of hydrogen-bond acceptors (Lipinski definition) is 4. The van der Waals surface area contributed by atoms with E-state index < -0.39 is 38.8 Å². The number of nitrogens with zero attached hydrogens (tertiary/aromatic N) is 1. The molecule has 2 aromatic carbocycles.